The summed E-state index contributed by atoms with van der Waals surface area (Å²) in [6.45, 7) is 0. The van der Waals surface area contributed by atoms with E-state index in [1.54, 1.807) is 0 Å². The molecule has 0 aliphatic heterocycles. The number of benzene rings is 3. The number of fused-ring (bicyclic) bond motifs is 1. The maximum atomic E-state index is 5.85. The van der Waals surface area contributed by atoms with Crippen LogP contribution >= 0.6 is 0 Å². The van der Waals surface area contributed by atoms with Crippen LogP contribution in [0.3, 0.4) is 0 Å². The lowest BCUT2D eigenvalue weighted by Crippen LogP contribution is -1.94. The van der Waals surface area contributed by atoms with Crippen LogP contribution in [0.15, 0.2) is 60.7 Å². The quantitative estimate of drug-likeness (QED) is 0.631. The van der Waals surface area contributed by atoms with Gasteiger partial charge in [0.2, 0.25) is 0 Å². The smallest absolute Gasteiger partial charge is 0.0554 e. The molecule has 2 heteroatoms. The van der Waals surface area contributed by atoms with Crippen LogP contribution in [0.4, 0.5) is 11.4 Å². The van der Waals surface area contributed by atoms with Gasteiger partial charge in [-0.2, -0.15) is 0 Å². The molecule has 0 atom stereocenters. The lowest BCUT2D eigenvalue weighted by Gasteiger charge is -2.06. The van der Waals surface area contributed by atoms with Crippen LogP contribution in [0.5, 0.6) is 0 Å². The average molecular weight is 234 g/mol. The van der Waals surface area contributed by atoms with Gasteiger partial charge in [0.05, 0.1) is 11.4 Å². The van der Waals surface area contributed by atoms with Crippen LogP contribution in [0.1, 0.15) is 0 Å². The third kappa shape index (κ3) is 1.78. The maximum absolute atomic E-state index is 5.85. The summed E-state index contributed by atoms with van der Waals surface area (Å²) in [7, 11) is 0. The third-order valence-corrected chi connectivity index (χ3v) is 3.17. The topological polar surface area (TPSA) is 52.0 Å². The first-order valence-electron chi connectivity index (χ1n) is 5.88. The monoisotopic (exact) mass is 234 g/mol. The van der Waals surface area contributed by atoms with E-state index in [1.165, 1.54) is 10.8 Å². The van der Waals surface area contributed by atoms with Crippen LogP contribution in [-0.2, 0) is 0 Å². The minimum absolute atomic E-state index is 0.625. The summed E-state index contributed by atoms with van der Waals surface area (Å²) in [4.78, 5) is 0. The molecule has 0 aliphatic carbocycles. The van der Waals surface area contributed by atoms with Crippen molar-refractivity contribution in [3.05, 3.63) is 60.7 Å². The first-order valence-corrected chi connectivity index (χ1v) is 5.88. The number of nitrogens with two attached hydrogens (primary N) is 2. The van der Waals surface area contributed by atoms with Crippen molar-refractivity contribution in [1.82, 2.24) is 0 Å². The molecule has 0 amide bonds. The molecule has 0 saturated carbocycles. The molecular formula is C16H14N2. The molecule has 3 rings (SSSR count). The van der Waals surface area contributed by atoms with E-state index in [1.807, 2.05) is 30.3 Å². The van der Waals surface area contributed by atoms with Gasteiger partial charge in [0.15, 0.2) is 0 Å². The Morgan fingerprint density at radius 2 is 1.22 bits per heavy atom. The van der Waals surface area contributed by atoms with Gasteiger partial charge in [0.25, 0.3) is 0 Å². The Morgan fingerprint density at radius 1 is 0.556 bits per heavy atom. The van der Waals surface area contributed by atoms with Crippen LogP contribution in [-0.4, -0.2) is 0 Å². The van der Waals surface area contributed by atoms with Gasteiger partial charge in [0.1, 0.15) is 0 Å². The number of hydrogen-bond donors (Lipinski definition) is 2. The highest BCUT2D eigenvalue weighted by molar-refractivity contribution is 5.88. The van der Waals surface area contributed by atoms with Gasteiger partial charge in [-0.25, -0.2) is 0 Å². The minimum Gasteiger partial charge on any atom is -0.397 e. The molecule has 4 N–H and O–H groups in total. The van der Waals surface area contributed by atoms with Crippen LogP contribution < -0.4 is 11.5 Å². The Labute approximate surface area is 106 Å². The predicted octanol–water partition coefficient (Wildman–Crippen LogP) is 3.67. The van der Waals surface area contributed by atoms with Crippen molar-refractivity contribution in [2.45, 2.75) is 0 Å². The summed E-state index contributed by atoms with van der Waals surface area (Å²) in [6, 6.07) is 20.5. The zero-order chi connectivity index (χ0) is 12.5. The number of nitrogen functional groups attached to an aromatic ring is 2. The largest absolute Gasteiger partial charge is 0.397 e. The van der Waals surface area contributed by atoms with Crippen molar-refractivity contribution in [1.29, 1.82) is 0 Å². The lowest BCUT2D eigenvalue weighted by atomic mass is 10.0. The van der Waals surface area contributed by atoms with Gasteiger partial charge in [-0.15, -0.1) is 0 Å². The molecule has 0 radical (unpaired) electrons. The highest BCUT2D eigenvalue weighted by Crippen LogP contribution is 2.27. The van der Waals surface area contributed by atoms with Gasteiger partial charge in [-0.3, -0.25) is 0 Å². The Morgan fingerprint density at radius 3 is 2.00 bits per heavy atom. The normalized spacial score (nSPS) is 10.7. The van der Waals surface area contributed by atoms with Gasteiger partial charge in [0, 0.05) is 0 Å². The molecule has 0 aliphatic rings. The molecule has 0 bridgehead atoms. The number of hydrogen-bond acceptors (Lipinski definition) is 2. The predicted molar refractivity (Wildman–Crippen MR) is 78.2 cm³/mol. The summed E-state index contributed by atoms with van der Waals surface area (Å²) in [5, 5.41) is 2.47. The van der Waals surface area contributed by atoms with Gasteiger partial charge in [-0.1, -0.05) is 42.5 Å². The van der Waals surface area contributed by atoms with Crippen molar-refractivity contribution < 1.29 is 0 Å². The van der Waals surface area contributed by atoms with Crippen molar-refractivity contribution in [3.8, 4) is 11.1 Å². The molecular weight excluding hydrogens is 220 g/mol. The first kappa shape index (κ1) is 10.7. The fraction of sp³-hybridized carbons (Fsp3) is 0. The van der Waals surface area contributed by atoms with E-state index in [0.29, 0.717) is 11.4 Å². The van der Waals surface area contributed by atoms with Gasteiger partial charge < -0.3 is 11.5 Å². The van der Waals surface area contributed by atoms with E-state index in [2.05, 4.69) is 30.3 Å². The molecule has 0 unspecified atom stereocenters. The number of anilines is 2. The van der Waals surface area contributed by atoms with Crippen LogP contribution in [0.2, 0.25) is 0 Å². The third-order valence-electron chi connectivity index (χ3n) is 3.17. The van der Waals surface area contributed by atoms with Crippen molar-refractivity contribution >= 4 is 22.1 Å². The molecule has 88 valence electrons. The first-order chi connectivity index (χ1) is 8.74. The Kier molecular flexibility index (Phi) is 2.41. The Balaban J connectivity index is 2.16. The van der Waals surface area contributed by atoms with Gasteiger partial charge >= 0.3 is 0 Å². The van der Waals surface area contributed by atoms with E-state index in [0.717, 1.165) is 11.1 Å². The molecule has 3 aromatic carbocycles. The second-order valence-electron chi connectivity index (χ2n) is 4.41. The summed E-state index contributed by atoms with van der Waals surface area (Å²) in [5.74, 6) is 0. The standard InChI is InChI=1S/C16H14N2/c17-15-8-7-14(10-16(15)18)13-6-5-11-3-1-2-4-12(11)9-13/h1-10H,17-18H2. The highest BCUT2D eigenvalue weighted by atomic mass is 14.7. The number of rotatable bonds is 1. The molecule has 0 spiro atoms. The lowest BCUT2D eigenvalue weighted by molar-refractivity contribution is 1.62. The van der Waals surface area contributed by atoms with E-state index in [4.69, 9.17) is 11.5 Å². The minimum atomic E-state index is 0.625. The zero-order valence-corrected chi connectivity index (χ0v) is 9.93. The van der Waals surface area contributed by atoms with Gasteiger partial charge in [-0.05, 0) is 40.1 Å². The molecule has 3 aromatic rings. The summed E-state index contributed by atoms with van der Waals surface area (Å²) >= 11 is 0. The van der Waals surface area contributed by atoms with E-state index in [-0.39, 0.29) is 0 Å². The second-order valence-corrected chi connectivity index (χ2v) is 4.41. The van der Waals surface area contributed by atoms with E-state index in [9.17, 15) is 0 Å². The fourth-order valence-corrected chi connectivity index (χ4v) is 2.12. The fourth-order valence-electron chi connectivity index (χ4n) is 2.12. The van der Waals surface area contributed by atoms with Crippen molar-refractivity contribution in [3.63, 3.8) is 0 Å². The summed E-state index contributed by atoms with van der Waals surface area (Å²) in [6.07, 6.45) is 0. The van der Waals surface area contributed by atoms with E-state index < -0.39 is 0 Å². The SMILES string of the molecule is Nc1ccc(-c2ccc3ccccc3c2)cc1N. The van der Waals surface area contributed by atoms with Crippen molar-refractivity contribution in [2.75, 3.05) is 11.5 Å². The maximum Gasteiger partial charge on any atom is 0.0554 e. The van der Waals surface area contributed by atoms with Crippen molar-refractivity contribution in [2.24, 2.45) is 0 Å². The zero-order valence-electron chi connectivity index (χ0n) is 9.93. The summed E-state index contributed by atoms with van der Waals surface area (Å²) in [5.41, 5.74) is 15.1. The molecule has 0 saturated heterocycles. The summed E-state index contributed by atoms with van der Waals surface area (Å²) < 4.78 is 0. The van der Waals surface area contributed by atoms with Crippen LogP contribution in [0, 0.1) is 0 Å². The molecule has 18 heavy (non-hydrogen) atoms. The second kappa shape index (κ2) is 4.08. The molecule has 0 fully saturated rings. The van der Waals surface area contributed by atoms with Crippen LogP contribution in [0.25, 0.3) is 21.9 Å². The molecule has 0 heterocycles. The Bertz CT molecular complexity index is 717. The highest BCUT2D eigenvalue weighted by Gasteiger charge is 2.01. The molecule has 2 nitrogen and oxygen atoms in total. The molecule has 0 aromatic heterocycles. The van der Waals surface area contributed by atoms with E-state index >= 15 is 0 Å². The Hall–Kier alpha value is -2.48. The average Bonchev–Trinajstić information content (AvgIpc) is 2.41.